The first kappa shape index (κ1) is 79.3. The van der Waals surface area contributed by atoms with Crippen molar-refractivity contribution in [2.24, 2.45) is 0 Å². The fraction of sp³-hybridized carbons (Fsp3) is 0.653. The number of likely N-dealkylation sites (tertiary alicyclic amines) is 4. The van der Waals surface area contributed by atoms with Crippen molar-refractivity contribution in [1.82, 2.24) is 44.9 Å². The second kappa shape index (κ2) is 39.0. The summed E-state index contributed by atoms with van der Waals surface area (Å²) in [6.45, 7) is 31.3. The van der Waals surface area contributed by atoms with Crippen LogP contribution in [0, 0.1) is 0 Å². The Morgan fingerprint density at radius 3 is 1.06 bits per heavy atom. The van der Waals surface area contributed by atoms with Crippen LogP contribution in [0.5, 0.6) is 0 Å². The van der Waals surface area contributed by atoms with Crippen molar-refractivity contribution in [3.8, 4) is 0 Å². The molecule has 5 saturated heterocycles. The number of Topliss-reactive ketones (excluding diaryl/α,β-unsaturated/α-hetero) is 1. The zero-order chi connectivity index (χ0) is 69.7. The van der Waals surface area contributed by atoms with Crippen molar-refractivity contribution in [3.05, 3.63) is 108 Å². The van der Waals surface area contributed by atoms with E-state index in [1.807, 2.05) is 169 Å². The molecule has 2 N–H and O–H groups in total. The third kappa shape index (κ3) is 31.8. The van der Waals surface area contributed by atoms with E-state index in [0.717, 1.165) is 108 Å². The van der Waals surface area contributed by atoms with Gasteiger partial charge in [0.15, 0.2) is 0 Å². The maximum absolute atomic E-state index is 12.2. The van der Waals surface area contributed by atoms with Gasteiger partial charge in [-0.1, -0.05) is 91.0 Å². The summed E-state index contributed by atoms with van der Waals surface area (Å²) in [6, 6.07) is 31.3. The van der Waals surface area contributed by atoms with Gasteiger partial charge in [0.05, 0.1) is 0 Å². The summed E-state index contributed by atoms with van der Waals surface area (Å²) in [5.41, 5.74) is 1.55. The van der Waals surface area contributed by atoms with Crippen LogP contribution in [-0.2, 0) is 53.0 Å². The summed E-state index contributed by atoms with van der Waals surface area (Å²) in [6.07, 6.45) is 6.83. The Bertz CT molecular complexity index is 2710. The molecule has 0 radical (unpaired) electrons. The third-order valence-corrected chi connectivity index (χ3v) is 16.0. The molecule has 5 aliphatic rings. The number of nitrogens with zero attached hydrogens (tertiary/aromatic N) is 7. The minimum absolute atomic E-state index is 0.0713. The van der Waals surface area contributed by atoms with Gasteiger partial charge in [0.25, 0.3) is 0 Å². The summed E-state index contributed by atoms with van der Waals surface area (Å²) in [7, 11) is 7.71. The Labute approximate surface area is 561 Å². The molecule has 526 valence electrons. The Kier molecular flexibility index (Phi) is 32.9. The normalized spacial score (nSPS) is 17.0. The van der Waals surface area contributed by atoms with E-state index in [1.54, 1.807) is 31.5 Å². The second-order valence-electron chi connectivity index (χ2n) is 28.6. The first-order valence-corrected chi connectivity index (χ1v) is 33.6. The highest BCUT2D eigenvalue weighted by Crippen LogP contribution is 2.23. The highest BCUT2D eigenvalue weighted by atomic mass is 16.6. The number of rotatable bonds is 10. The fourth-order valence-electron chi connectivity index (χ4n) is 10.7. The molecular weight excluding hydrogens is 1200 g/mol. The number of nitrogens with one attached hydrogen (secondary N) is 2. The van der Waals surface area contributed by atoms with E-state index in [2.05, 4.69) is 46.8 Å². The van der Waals surface area contributed by atoms with Gasteiger partial charge in [0, 0.05) is 110 Å². The van der Waals surface area contributed by atoms with E-state index in [0.29, 0.717) is 63.8 Å². The molecule has 22 heteroatoms. The molecule has 0 aromatic heterocycles. The summed E-state index contributed by atoms with van der Waals surface area (Å²) in [5, 5.41) is 6.52. The predicted octanol–water partition coefficient (Wildman–Crippen LogP) is 12.4. The maximum Gasteiger partial charge on any atom is 0.410 e. The molecule has 6 amide bonds. The van der Waals surface area contributed by atoms with Crippen molar-refractivity contribution >= 4 is 42.3 Å². The van der Waals surface area contributed by atoms with Gasteiger partial charge in [0.1, 0.15) is 41.4 Å². The number of carbonyl (C=O) groups excluding carboxylic acids is 7. The molecule has 5 heterocycles. The molecule has 5 fully saturated rings. The van der Waals surface area contributed by atoms with E-state index in [9.17, 15) is 33.6 Å². The number of benzene rings is 3. The minimum Gasteiger partial charge on any atom is -0.445 e. The number of amides is 6. The number of hydrogen-bond acceptors (Lipinski definition) is 16. The molecule has 8 rings (SSSR count). The number of carbonyl (C=O) groups is 7. The molecule has 0 bridgehead atoms. The number of ketones is 1. The molecular formula is C72H115N9O13. The average Bonchev–Trinajstić information content (AvgIpc) is 0.949. The van der Waals surface area contributed by atoms with Crippen molar-refractivity contribution in [2.45, 2.75) is 214 Å². The SMILES string of the molecule is CC(C)(C)OC(=O)N1CCC(=O)CC1.CN(C(=O)OCc1ccccc1)C1CCN(C(=O)OC(C)(C)C)CC1.CN(C(=O)OCc1ccccc1)C1CCNCC1.CN(Cc1ccccc1)C1CCN(C(=O)OC(C)(C)C)CC1.CNC1CCN(C(=O)OC(C)(C)C)CC1. The molecule has 0 spiro atoms. The zero-order valence-electron chi connectivity index (χ0n) is 59.7. The quantitative estimate of drug-likeness (QED) is 0.180. The van der Waals surface area contributed by atoms with Crippen molar-refractivity contribution < 1.29 is 62.0 Å². The van der Waals surface area contributed by atoms with Crippen molar-refractivity contribution in [3.63, 3.8) is 0 Å². The molecule has 3 aromatic rings. The highest BCUT2D eigenvalue weighted by molar-refractivity contribution is 5.81. The van der Waals surface area contributed by atoms with Gasteiger partial charge in [0.2, 0.25) is 0 Å². The van der Waals surface area contributed by atoms with E-state index >= 15 is 0 Å². The van der Waals surface area contributed by atoms with Gasteiger partial charge in [-0.05, 0) is 178 Å². The lowest BCUT2D eigenvalue weighted by molar-refractivity contribution is -0.121. The lowest BCUT2D eigenvalue weighted by atomic mass is 10.0. The smallest absolute Gasteiger partial charge is 0.410 e. The van der Waals surface area contributed by atoms with Crippen LogP contribution in [0.4, 0.5) is 28.8 Å². The van der Waals surface area contributed by atoms with Crippen LogP contribution < -0.4 is 10.6 Å². The van der Waals surface area contributed by atoms with E-state index in [4.69, 9.17) is 28.4 Å². The molecule has 0 aliphatic carbocycles. The van der Waals surface area contributed by atoms with E-state index in [1.165, 1.54) is 5.56 Å². The molecule has 0 saturated carbocycles. The molecule has 22 nitrogen and oxygen atoms in total. The lowest BCUT2D eigenvalue weighted by Crippen LogP contribution is -2.48. The summed E-state index contributed by atoms with van der Waals surface area (Å²) in [5.74, 6) is 0.227. The Morgan fingerprint density at radius 2 is 0.734 bits per heavy atom. The van der Waals surface area contributed by atoms with Crippen LogP contribution in [-0.4, -0.2) is 217 Å². The van der Waals surface area contributed by atoms with E-state index in [-0.39, 0.29) is 55.0 Å². The van der Waals surface area contributed by atoms with Crippen LogP contribution in [0.25, 0.3) is 0 Å². The molecule has 94 heavy (non-hydrogen) atoms. The molecule has 0 atom stereocenters. The molecule has 5 aliphatic heterocycles. The molecule has 0 unspecified atom stereocenters. The van der Waals surface area contributed by atoms with Crippen LogP contribution in [0.15, 0.2) is 91.0 Å². The van der Waals surface area contributed by atoms with Crippen LogP contribution >= 0.6 is 0 Å². The second-order valence-corrected chi connectivity index (χ2v) is 28.6. The Morgan fingerprint density at radius 1 is 0.436 bits per heavy atom. The first-order chi connectivity index (χ1) is 44.2. The number of hydrogen-bond donors (Lipinski definition) is 2. The lowest BCUT2D eigenvalue weighted by Gasteiger charge is -2.37. The Balaban J connectivity index is 0.000000254. The van der Waals surface area contributed by atoms with Gasteiger partial charge in [-0.3, -0.25) is 9.69 Å². The van der Waals surface area contributed by atoms with Crippen LogP contribution in [0.3, 0.4) is 0 Å². The summed E-state index contributed by atoms with van der Waals surface area (Å²) < 4.78 is 32.0. The van der Waals surface area contributed by atoms with Crippen LogP contribution in [0.2, 0.25) is 0 Å². The summed E-state index contributed by atoms with van der Waals surface area (Å²) >= 11 is 0. The zero-order valence-corrected chi connectivity index (χ0v) is 59.7. The summed E-state index contributed by atoms with van der Waals surface area (Å²) in [4.78, 5) is 95.1. The third-order valence-electron chi connectivity index (χ3n) is 16.0. The van der Waals surface area contributed by atoms with Gasteiger partial charge < -0.3 is 68.5 Å². The van der Waals surface area contributed by atoms with Crippen molar-refractivity contribution in [1.29, 1.82) is 0 Å². The standard InChI is InChI=1S/C19H28N2O4.C18H28N2O2.C14H20N2O2.C11H22N2O2.C10H17NO3/c1-19(2,3)25-18(23)21-12-10-16(11-13-21)20(4)17(22)24-14-15-8-6-5-7-9-15;1-18(2,3)22-17(21)20-12-10-16(11-13-20)19(4)14-15-8-6-5-7-9-15;1-16(13-7-9-15-10-8-13)14(17)18-11-12-5-3-2-4-6-12;1-11(2,3)15-10(14)13-7-5-9(12-4)6-8-13;1-10(2,3)14-9(13)11-6-4-8(12)5-7-11/h5-9,16H,10-14H2,1-4H3;5-9,16H,10-14H2,1-4H3;2-6,13,15H,7-11H2,1H3;9,12H,5-8H2,1-4H3;4-7H2,1-3H3. The minimum atomic E-state index is -0.494. The topological polar surface area (TPSA) is 222 Å². The maximum atomic E-state index is 12.2. The highest BCUT2D eigenvalue weighted by Gasteiger charge is 2.33. The largest absolute Gasteiger partial charge is 0.445 e. The fourth-order valence-corrected chi connectivity index (χ4v) is 10.7. The van der Waals surface area contributed by atoms with Gasteiger partial charge in [-0.2, -0.15) is 0 Å². The van der Waals surface area contributed by atoms with E-state index < -0.39 is 22.4 Å². The van der Waals surface area contributed by atoms with Gasteiger partial charge >= 0.3 is 36.6 Å². The molecule has 3 aromatic carbocycles. The van der Waals surface area contributed by atoms with Gasteiger partial charge in [-0.25, -0.2) is 28.8 Å². The Hall–Kier alpha value is -7.17. The number of piperidine rings is 5. The average molecular weight is 1310 g/mol. The monoisotopic (exact) mass is 1310 g/mol. The van der Waals surface area contributed by atoms with Crippen molar-refractivity contribution in [2.75, 3.05) is 93.6 Å². The first-order valence-electron chi connectivity index (χ1n) is 33.6. The number of ether oxygens (including phenoxy) is 6. The predicted molar refractivity (Wildman–Crippen MR) is 366 cm³/mol. The van der Waals surface area contributed by atoms with Gasteiger partial charge in [-0.15, -0.1) is 0 Å². The van der Waals surface area contributed by atoms with Crippen LogP contribution in [0.1, 0.15) is 164 Å².